The predicted octanol–water partition coefficient (Wildman–Crippen LogP) is 2.78. The van der Waals surface area contributed by atoms with Crippen LogP contribution in [0, 0.1) is 6.92 Å². The monoisotopic (exact) mass is 385 g/mol. The van der Waals surface area contributed by atoms with Gasteiger partial charge >= 0.3 is 0 Å². The van der Waals surface area contributed by atoms with E-state index in [-0.39, 0.29) is 11.8 Å². The van der Waals surface area contributed by atoms with Crippen LogP contribution in [0.5, 0.6) is 5.75 Å². The van der Waals surface area contributed by atoms with Crippen molar-refractivity contribution in [1.29, 1.82) is 0 Å². The maximum absolute atomic E-state index is 12.5. The number of hydrogen-bond acceptors (Lipinski definition) is 5. The van der Waals surface area contributed by atoms with Gasteiger partial charge in [-0.1, -0.05) is 19.1 Å². The van der Waals surface area contributed by atoms with Gasteiger partial charge in [0.05, 0.1) is 10.7 Å². The smallest absolute Gasteiger partial charge is 0.247 e. The van der Waals surface area contributed by atoms with E-state index in [9.17, 15) is 9.59 Å². The summed E-state index contributed by atoms with van der Waals surface area (Å²) in [4.78, 5) is 30.4. The van der Waals surface area contributed by atoms with Crippen molar-refractivity contribution in [2.75, 3.05) is 13.1 Å². The molecule has 3 rings (SSSR count). The first-order valence-electron chi connectivity index (χ1n) is 8.97. The quantitative estimate of drug-likeness (QED) is 0.776. The molecule has 142 valence electrons. The van der Waals surface area contributed by atoms with Gasteiger partial charge in [-0.05, 0) is 37.1 Å². The van der Waals surface area contributed by atoms with Gasteiger partial charge in [0.1, 0.15) is 18.4 Å². The lowest BCUT2D eigenvalue weighted by atomic mass is 10.1. The Morgan fingerprint density at radius 2 is 2.33 bits per heavy atom. The molecular weight excluding hydrogens is 362 g/mol. The molecule has 0 saturated carbocycles. The number of carbonyl (C=O) groups is 2. The zero-order valence-electron chi connectivity index (χ0n) is 15.5. The first kappa shape index (κ1) is 19.1. The first-order valence-corrected chi connectivity index (χ1v) is 9.85. The van der Waals surface area contributed by atoms with E-state index in [1.165, 1.54) is 6.08 Å². The van der Waals surface area contributed by atoms with Crippen molar-refractivity contribution >= 4 is 29.2 Å². The molecule has 1 fully saturated rings. The Balaban J connectivity index is 1.62. The summed E-state index contributed by atoms with van der Waals surface area (Å²) in [6, 6.07) is 7.15. The molecule has 2 amide bonds. The molecule has 2 aromatic rings. The molecule has 0 radical (unpaired) electrons. The molecule has 1 aliphatic rings. The van der Waals surface area contributed by atoms with Crippen LogP contribution < -0.4 is 10.1 Å². The molecule has 27 heavy (non-hydrogen) atoms. The van der Waals surface area contributed by atoms with E-state index in [4.69, 9.17) is 4.74 Å². The highest BCUT2D eigenvalue weighted by Crippen LogP contribution is 2.18. The van der Waals surface area contributed by atoms with Gasteiger partial charge in [0.15, 0.2) is 0 Å². The Kier molecular flexibility index (Phi) is 6.24. The fourth-order valence-electron chi connectivity index (χ4n) is 2.99. The third-order valence-electron chi connectivity index (χ3n) is 4.33. The maximum Gasteiger partial charge on any atom is 0.247 e. The number of ether oxygens (including phenoxy) is 1. The second-order valence-corrected chi connectivity index (χ2v) is 7.36. The fourth-order valence-corrected chi connectivity index (χ4v) is 3.58. The molecule has 1 unspecified atom stereocenters. The van der Waals surface area contributed by atoms with Crippen LogP contribution in [0.3, 0.4) is 0 Å². The Bertz CT molecular complexity index is 847. The van der Waals surface area contributed by atoms with Gasteiger partial charge < -0.3 is 15.0 Å². The topological polar surface area (TPSA) is 71.5 Å². The fraction of sp³-hybridized carbons (Fsp3) is 0.350. The Hall–Kier alpha value is -2.67. The zero-order chi connectivity index (χ0) is 19.2. The SMILES string of the molecule is CCC1C(=O)NCCN1C(=O)C=Cc1cccc(OCc2csc(C)n2)c1. The lowest BCUT2D eigenvalue weighted by Gasteiger charge is -2.33. The van der Waals surface area contributed by atoms with E-state index >= 15 is 0 Å². The molecule has 1 saturated heterocycles. The summed E-state index contributed by atoms with van der Waals surface area (Å²) in [5, 5.41) is 5.80. The van der Waals surface area contributed by atoms with Gasteiger partial charge in [-0.15, -0.1) is 11.3 Å². The number of carbonyl (C=O) groups excluding carboxylic acids is 2. The molecule has 2 heterocycles. The molecule has 1 atom stereocenters. The third-order valence-corrected chi connectivity index (χ3v) is 5.15. The number of nitrogens with zero attached hydrogens (tertiary/aromatic N) is 2. The van der Waals surface area contributed by atoms with Crippen LogP contribution in [-0.4, -0.2) is 40.8 Å². The van der Waals surface area contributed by atoms with Gasteiger partial charge in [-0.25, -0.2) is 4.98 Å². The summed E-state index contributed by atoms with van der Waals surface area (Å²) in [6.45, 7) is 5.31. The molecule has 0 spiro atoms. The molecule has 0 aliphatic carbocycles. The summed E-state index contributed by atoms with van der Waals surface area (Å²) in [7, 11) is 0. The summed E-state index contributed by atoms with van der Waals surface area (Å²) in [6.07, 6.45) is 3.87. The highest BCUT2D eigenvalue weighted by atomic mass is 32.1. The van der Waals surface area contributed by atoms with Gasteiger partial charge in [0.2, 0.25) is 11.8 Å². The number of aromatic nitrogens is 1. The molecular formula is C20H23N3O3S. The highest BCUT2D eigenvalue weighted by Gasteiger charge is 2.30. The second-order valence-electron chi connectivity index (χ2n) is 6.30. The zero-order valence-corrected chi connectivity index (χ0v) is 16.3. The number of rotatable bonds is 6. The molecule has 1 aliphatic heterocycles. The summed E-state index contributed by atoms with van der Waals surface area (Å²) >= 11 is 1.60. The van der Waals surface area contributed by atoms with Gasteiger partial charge in [0, 0.05) is 24.5 Å². The van der Waals surface area contributed by atoms with E-state index in [0.717, 1.165) is 22.0 Å². The number of nitrogens with one attached hydrogen (secondary N) is 1. The number of piperazine rings is 1. The first-order chi connectivity index (χ1) is 13.1. The molecule has 0 bridgehead atoms. The van der Waals surface area contributed by atoms with Crippen LogP contribution in [0.1, 0.15) is 29.6 Å². The van der Waals surface area contributed by atoms with E-state index in [0.29, 0.717) is 26.1 Å². The van der Waals surface area contributed by atoms with Crippen molar-refractivity contribution in [3.63, 3.8) is 0 Å². The van der Waals surface area contributed by atoms with Crippen LogP contribution >= 0.6 is 11.3 Å². The normalized spacial score (nSPS) is 17.2. The van der Waals surface area contributed by atoms with Crippen molar-refractivity contribution in [3.05, 3.63) is 52.0 Å². The highest BCUT2D eigenvalue weighted by molar-refractivity contribution is 7.09. The van der Waals surface area contributed by atoms with Crippen molar-refractivity contribution < 1.29 is 14.3 Å². The van der Waals surface area contributed by atoms with Gasteiger partial charge in [-0.2, -0.15) is 0 Å². The number of thiazole rings is 1. The number of benzene rings is 1. The Morgan fingerprint density at radius 1 is 1.48 bits per heavy atom. The van der Waals surface area contributed by atoms with E-state index in [1.54, 1.807) is 22.3 Å². The maximum atomic E-state index is 12.5. The summed E-state index contributed by atoms with van der Waals surface area (Å²) in [5.41, 5.74) is 1.77. The van der Waals surface area contributed by atoms with Gasteiger partial charge in [-0.3, -0.25) is 9.59 Å². The van der Waals surface area contributed by atoms with Crippen molar-refractivity contribution in [2.24, 2.45) is 0 Å². The van der Waals surface area contributed by atoms with Crippen LogP contribution in [0.4, 0.5) is 0 Å². The molecule has 1 N–H and O–H groups in total. The molecule has 1 aromatic carbocycles. The van der Waals surface area contributed by atoms with Gasteiger partial charge in [0.25, 0.3) is 0 Å². The number of hydrogen-bond donors (Lipinski definition) is 1. The third kappa shape index (κ3) is 4.95. The Labute approximate surface area is 162 Å². The number of aryl methyl sites for hydroxylation is 1. The van der Waals surface area contributed by atoms with Crippen LogP contribution in [-0.2, 0) is 16.2 Å². The molecule has 7 heteroatoms. The Morgan fingerprint density at radius 3 is 3.07 bits per heavy atom. The molecule has 6 nitrogen and oxygen atoms in total. The molecule has 1 aromatic heterocycles. The van der Waals surface area contributed by atoms with E-state index in [1.807, 2.05) is 43.5 Å². The van der Waals surface area contributed by atoms with Crippen LogP contribution in [0.2, 0.25) is 0 Å². The predicted molar refractivity (Wildman–Crippen MR) is 105 cm³/mol. The minimum absolute atomic E-state index is 0.0850. The van der Waals surface area contributed by atoms with Crippen LogP contribution in [0.15, 0.2) is 35.7 Å². The summed E-state index contributed by atoms with van der Waals surface area (Å²) < 4.78 is 5.78. The lowest BCUT2D eigenvalue weighted by molar-refractivity contribution is -0.140. The average Bonchev–Trinajstić information content (AvgIpc) is 3.10. The standard InChI is InChI=1S/C20H23N3O3S/c1-3-18-20(25)21-9-10-23(18)19(24)8-7-15-5-4-6-17(11-15)26-12-16-13-27-14(2)22-16/h4-8,11,13,18H,3,9-10,12H2,1-2H3,(H,21,25). The van der Waals surface area contributed by atoms with E-state index < -0.39 is 6.04 Å². The minimum Gasteiger partial charge on any atom is -0.487 e. The van der Waals surface area contributed by atoms with Crippen molar-refractivity contribution in [1.82, 2.24) is 15.2 Å². The largest absolute Gasteiger partial charge is 0.487 e. The lowest BCUT2D eigenvalue weighted by Crippen LogP contribution is -2.56. The van der Waals surface area contributed by atoms with E-state index in [2.05, 4.69) is 10.3 Å². The minimum atomic E-state index is -0.396. The second kappa shape index (κ2) is 8.81. The van der Waals surface area contributed by atoms with Crippen molar-refractivity contribution in [3.8, 4) is 5.75 Å². The average molecular weight is 385 g/mol. The van der Waals surface area contributed by atoms with Crippen molar-refractivity contribution in [2.45, 2.75) is 32.9 Å². The number of amides is 2. The van der Waals surface area contributed by atoms with Crippen LogP contribution in [0.25, 0.3) is 6.08 Å². The summed E-state index contributed by atoms with van der Waals surface area (Å²) in [5.74, 6) is 0.484.